The summed E-state index contributed by atoms with van der Waals surface area (Å²) in [5, 5.41) is 2.82. The highest BCUT2D eigenvalue weighted by atomic mass is 32.2. The zero-order valence-electron chi connectivity index (χ0n) is 17.2. The summed E-state index contributed by atoms with van der Waals surface area (Å²) in [6.45, 7) is 3.91. The number of ether oxygens (including phenoxy) is 2. The average molecular weight is 453 g/mol. The summed E-state index contributed by atoms with van der Waals surface area (Å²) in [7, 11) is -1.96. The van der Waals surface area contributed by atoms with Gasteiger partial charge in [0.05, 0.1) is 17.1 Å². The maximum atomic E-state index is 12.7. The van der Waals surface area contributed by atoms with Crippen molar-refractivity contribution in [3.05, 3.63) is 54.1 Å². The molecule has 164 valence electrons. The summed E-state index contributed by atoms with van der Waals surface area (Å²) in [6.07, 6.45) is 0.600. The highest BCUT2D eigenvalue weighted by molar-refractivity contribution is 7.99. The van der Waals surface area contributed by atoms with Crippen LogP contribution in [0.2, 0.25) is 0 Å². The first-order chi connectivity index (χ1) is 14.5. The Morgan fingerprint density at radius 3 is 2.50 bits per heavy atom. The maximum Gasteiger partial charge on any atom is 0.256 e. The zero-order chi connectivity index (χ0) is 21.8. The second-order valence-electron chi connectivity index (χ2n) is 6.26. The Balaban J connectivity index is 1.98. The Morgan fingerprint density at radius 1 is 1.07 bits per heavy atom. The monoisotopic (exact) mass is 452 g/mol. The van der Waals surface area contributed by atoms with E-state index in [1.54, 1.807) is 37.1 Å². The van der Waals surface area contributed by atoms with Crippen molar-refractivity contribution in [1.82, 2.24) is 4.72 Å². The molecule has 0 aliphatic carbocycles. The first-order valence-electron chi connectivity index (χ1n) is 9.67. The number of methoxy groups -OCH3 is 1. The van der Waals surface area contributed by atoms with E-state index in [4.69, 9.17) is 9.47 Å². The molecule has 0 radical (unpaired) electrons. The molecular weight excluding hydrogens is 424 g/mol. The molecule has 1 amide bonds. The van der Waals surface area contributed by atoms with E-state index >= 15 is 0 Å². The molecular formula is C21H28N2O5S2. The van der Waals surface area contributed by atoms with Gasteiger partial charge in [-0.1, -0.05) is 12.1 Å². The quantitative estimate of drug-likeness (QED) is 0.357. The Morgan fingerprint density at radius 2 is 1.80 bits per heavy atom. The van der Waals surface area contributed by atoms with Gasteiger partial charge < -0.3 is 14.8 Å². The Labute approximate surface area is 182 Å². The molecule has 2 aromatic rings. The fourth-order valence-corrected chi connectivity index (χ4v) is 4.57. The van der Waals surface area contributed by atoms with Crippen molar-refractivity contribution in [2.45, 2.75) is 23.1 Å². The molecule has 0 unspecified atom stereocenters. The minimum atomic E-state index is -3.60. The lowest BCUT2D eigenvalue weighted by atomic mass is 10.2. The molecule has 0 aromatic heterocycles. The molecule has 2 N–H and O–H groups in total. The minimum absolute atomic E-state index is 0.146. The average Bonchev–Trinajstić information content (AvgIpc) is 2.74. The van der Waals surface area contributed by atoms with E-state index in [1.165, 1.54) is 12.1 Å². The van der Waals surface area contributed by atoms with Crippen LogP contribution in [0.3, 0.4) is 0 Å². The first-order valence-corrected chi connectivity index (χ1v) is 12.1. The van der Waals surface area contributed by atoms with Gasteiger partial charge in [-0.05, 0) is 49.7 Å². The Kier molecular flexibility index (Phi) is 10.3. The van der Waals surface area contributed by atoms with Crippen LogP contribution in [-0.2, 0) is 19.5 Å². The second-order valence-corrected chi connectivity index (χ2v) is 9.17. The number of benzene rings is 2. The van der Waals surface area contributed by atoms with Gasteiger partial charge in [0.1, 0.15) is 0 Å². The van der Waals surface area contributed by atoms with E-state index in [-0.39, 0.29) is 10.8 Å². The molecule has 0 fully saturated rings. The number of rotatable bonds is 13. The molecule has 0 spiro atoms. The van der Waals surface area contributed by atoms with E-state index in [2.05, 4.69) is 10.0 Å². The lowest BCUT2D eigenvalue weighted by molar-refractivity contribution is 0.102. The predicted molar refractivity (Wildman–Crippen MR) is 120 cm³/mol. The third kappa shape index (κ3) is 7.73. The summed E-state index contributed by atoms with van der Waals surface area (Å²) < 4.78 is 37.5. The molecule has 0 saturated carbocycles. The van der Waals surface area contributed by atoms with E-state index in [0.717, 1.165) is 10.6 Å². The van der Waals surface area contributed by atoms with Crippen LogP contribution in [0.1, 0.15) is 23.7 Å². The summed E-state index contributed by atoms with van der Waals surface area (Å²) in [6, 6.07) is 13.4. The molecule has 0 aliphatic heterocycles. The highest BCUT2D eigenvalue weighted by Gasteiger charge is 2.15. The third-order valence-corrected chi connectivity index (χ3v) is 6.58. The number of hydrogen-bond donors (Lipinski definition) is 2. The number of anilines is 1. The number of nitrogens with one attached hydrogen (secondary N) is 2. The first kappa shape index (κ1) is 24.4. The van der Waals surface area contributed by atoms with Crippen LogP contribution in [0.25, 0.3) is 0 Å². The molecule has 0 aliphatic rings. The van der Waals surface area contributed by atoms with Gasteiger partial charge in [0.15, 0.2) is 0 Å². The van der Waals surface area contributed by atoms with Crippen molar-refractivity contribution in [2.24, 2.45) is 0 Å². The van der Waals surface area contributed by atoms with Crippen molar-refractivity contribution in [3.63, 3.8) is 0 Å². The van der Waals surface area contributed by atoms with E-state index in [9.17, 15) is 13.2 Å². The molecule has 0 saturated heterocycles. The minimum Gasteiger partial charge on any atom is -0.384 e. The maximum absolute atomic E-state index is 12.7. The molecule has 7 nitrogen and oxygen atoms in total. The Hall–Kier alpha value is -1.91. The molecule has 30 heavy (non-hydrogen) atoms. The van der Waals surface area contributed by atoms with Gasteiger partial charge in [0.25, 0.3) is 5.91 Å². The number of carbonyl (C=O) groups excluding carboxylic acids is 1. The number of carbonyl (C=O) groups is 1. The molecule has 9 heteroatoms. The van der Waals surface area contributed by atoms with Gasteiger partial charge in [-0.15, -0.1) is 11.8 Å². The highest BCUT2D eigenvalue weighted by Crippen LogP contribution is 2.24. The standard InChI is InChI=1S/C21H28N2O5S2/c1-3-28-14-6-13-22-30(25,26)18-11-9-17(10-12-18)23-21(24)19-7-4-5-8-20(19)29-16-15-27-2/h4-5,7-12,22H,3,6,13-16H2,1-2H3,(H,23,24). The van der Waals surface area contributed by atoms with Crippen LogP contribution in [0.5, 0.6) is 0 Å². The van der Waals surface area contributed by atoms with Crippen LogP contribution >= 0.6 is 11.8 Å². The van der Waals surface area contributed by atoms with Gasteiger partial charge in [0, 0.05) is 43.2 Å². The van der Waals surface area contributed by atoms with Crippen LogP contribution < -0.4 is 10.0 Å². The number of amides is 1. The summed E-state index contributed by atoms with van der Waals surface area (Å²) in [4.78, 5) is 13.7. The van der Waals surface area contributed by atoms with Crippen molar-refractivity contribution in [2.75, 3.05) is 44.5 Å². The third-order valence-electron chi connectivity index (χ3n) is 4.06. The van der Waals surface area contributed by atoms with Gasteiger partial charge in [-0.3, -0.25) is 4.79 Å². The molecule has 2 aromatic carbocycles. The smallest absolute Gasteiger partial charge is 0.256 e. The molecule has 0 atom stereocenters. The van der Waals surface area contributed by atoms with E-state index in [0.29, 0.717) is 44.0 Å². The summed E-state index contributed by atoms with van der Waals surface area (Å²) >= 11 is 1.55. The van der Waals surface area contributed by atoms with Crippen LogP contribution in [-0.4, -0.2) is 53.6 Å². The van der Waals surface area contributed by atoms with Crippen molar-refractivity contribution in [3.8, 4) is 0 Å². The van der Waals surface area contributed by atoms with Crippen molar-refractivity contribution in [1.29, 1.82) is 0 Å². The molecule has 2 rings (SSSR count). The van der Waals surface area contributed by atoms with Crippen LogP contribution in [0.4, 0.5) is 5.69 Å². The normalized spacial score (nSPS) is 11.4. The van der Waals surface area contributed by atoms with E-state index < -0.39 is 10.0 Å². The number of sulfonamides is 1. The fourth-order valence-electron chi connectivity index (χ4n) is 2.54. The number of thioether (sulfide) groups is 1. The largest absolute Gasteiger partial charge is 0.384 e. The fraction of sp³-hybridized carbons (Fsp3) is 0.381. The van der Waals surface area contributed by atoms with Gasteiger partial charge in [0.2, 0.25) is 10.0 Å². The Bertz CT molecular complexity index is 902. The second kappa shape index (κ2) is 12.7. The number of hydrogen-bond acceptors (Lipinski definition) is 6. The molecule has 0 bridgehead atoms. The van der Waals surface area contributed by atoms with Crippen molar-refractivity contribution < 1.29 is 22.7 Å². The van der Waals surface area contributed by atoms with Gasteiger partial charge in [-0.2, -0.15) is 0 Å². The SMILES string of the molecule is CCOCCCNS(=O)(=O)c1ccc(NC(=O)c2ccccc2SCCOC)cc1. The van der Waals surface area contributed by atoms with Crippen molar-refractivity contribution >= 4 is 33.4 Å². The van der Waals surface area contributed by atoms with Gasteiger partial charge in [-0.25, -0.2) is 13.1 Å². The van der Waals surface area contributed by atoms with Crippen LogP contribution in [0, 0.1) is 0 Å². The summed E-state index contributed by atoms with van der Waals surface area (Å²) in [5.74, 6) is 0.491. The predicted octanol–water partition coefficient (Wildman–Crippen LogP) is 3.38. The topological polar surface area (TPSA) is 93.7 Å². The lowest BCUT2D eigenvalue weighted by Crippen LogP contribution is -2.25. The zero-order valence-corrected chi connectivity index (χ0v) is 18.9. The van der Waals surface area contributed by atoms with Crippen LogP contribution in [0.15, 0.2) is 58.3 Å². The van der Waals surface area contributed by atoms with E-state index in [1.807, 2.05) is 25.1 Å². The van der Waals surface area contributed by atoms with Gasteiger partial charge >= 0.3 is 0 Å². The molecule has 0 heterocycles. The lowest BCUT2D eigenvalue weighted by Gasteiger charge is -2.11. The summed E-state index contributed by atoms with van der Waals surface area (Å²) in [5.41, 5.74) is 1.08.